The largest absolute Gasteiger partial charge is 0.495 e. The molecule has 6 heteroatoms. The van der Waals surface area contributed by atoms with Crippen LogP contribution in [-0.2, 0) is 0 Å². The number of aliphatic hydroxyl groups excluding tert-OH is 5. The van der Waals surface area contributed by atoms with Crippen LogP contribution in [0.4, 0.5) is 0 Å². The monoisotopic (exact) mass is 166 g/mol. The van der Waals surface area contributed by atoms with E-state index in [9.17, 15) is 0 Å². The van der Waals surface area contributed by atoms with Gasteiger partial charge < -0.3 is 25.5 Å². The highest BCUT2D eigenvalue weighted by molar-refractivity contribution is 5.75. The molecule has 11 heavy (non-hydrogen) atoms. The molecule has 0 aliphatic heterocycles. The number of hydrogen-bond donors (Lipinski definition) is 6. The fourth-order valence-corrected chi connectivity index (χ4v) is 0.471. The maximum absolute atomic E-state index is 8.90. The Bertz CT molecular complexity index is 164. The molecule has 0 heterocycles. The van der Waals surface area contributed by atoms with E-state index in [4.69, 9.17) is 26.9 Å². The second-order valence-corrected chi connectivity index (χ2v) is 2.04. The van der Waals surface area contributed by atoms with Gasteiger partial charge in [-0.15, -0.1) is 0 Å². The average molecular weight is 166 g/mol. The highest BCUT2D eigenvalue weighted by Gasteiger charge is 2.27. The summed E-state index contributed by atoms with van der Waals surface area (Å²) >= 11 is 0. The molecule has 0 saturated heterocycles. The highest BCUT2D eigenvalue weighted by atomic mass is 16.4. The third kappa shape index (κ3) is 2.81. The normalized spacial score (nSPS) is 22.2. The van der Waals surface area contributed by atoms with Gasteiger partial charge in [0.05, 0.1) is 6.61 Å². The van der Waals surface area contributed by atoms with Crippen molar-refractivity contribution in [2.75, 3.05) is 6.61 Å². The van der Waals surface area contributed by atoms with Crippen LogP contribution in [0.25, 0.3) is 0 Å². The fourth-order valence-electron chi connectivity index (χ4n) is 0.471. The van der Waals surface area contributed by atoms with E-state index in [-0.39, 0.29) is 0 Å². The Labute approximate surface area is 64.3 Å². The van der Waals surface area contributed by atoms with Gasteiger partial charge >= 0.3 is 0 Å². The van der Waals surface area contributed by atoms with Gasteiger partial charge in [-0.1, -0.05) is 0 Å². The molecule has 0 amide bonds. The van der Waals surface area contributed by atoms with Crippen molar-refractivity contribution in [1.82, 2.24) is 0 Å². The molecule has 6 nitrogen and oxygen atoms in total. The summed E-state index contributed by atoms with van der Waals surface area (Å²) in [5, 5.41) is 45.9. The molecule has 0 bridgehead atoms. The van der Waals surface area contributed by atoms with Crippen molar-refractivity contribution in [2.24, 2.45) is 0 Å². The van der Waals surface area contributed by atoms with Gasteiger partial charge in [0.1, 0.15) is 12.2 Å². The van der Waals surface area contributed by atoms with Crippen LogP contribution >= 0.6 is 0 Å². The Morgan fingerprint density at radius 1 is 1.45 bits per heavy atom. The third-order valence-corrected chi connectivity index (χ3v) is 1.17. The second-order valence-electron chi connectivity index (χ2n) is 2.04. The van der Waals surface area contributed by atoms with Crippen molar-refractivity contribution in [1.29, 1.82) is 5.40 Å². The highest BCUT2D eigenvalue weighted by Crippen LogP contribution is 1.99. The van der Waals surface area contributed by atoms with Crippen LogP contribution in [0.2, 0.25) is 1.41 Å². The van der Waals surface area contributed by atoms with Crippen LogP contribution in [0.5, 0.6) is 0 Å². The topological polar surface area (TPSA) is 125 Å². The molecule has 0 spiro atoms. The number of rotatable bonds is 4. The van der Waals surface area contributed by atoms with Crippen molar-refractivity contribution >= 4 is 5.90 Å². The molecule has 0 unspecified atom stereocenters. The average Bonchev–Trinajstić information content (AvgIpc) is 2.12. The van der Waals surface area contributed by atoms with Crippen LogP contribution in [0.15, 0.2) is 0 Å². The van der Waals surface area contributed by atoms with Crippen molar-refractivity contribution in [3.8, 4) is 0 Å². The van der Waals surface area contributed by atoms with Gasteiger partial charge in [0.15, 0.2) is 7.52 Å². The first-order valence-corrected chi connectivity index (χ1v) is 2.90. The van der Waals surface area contributed by atoms with Gasteiger partial charge in [-0.05, 0) is 0 Å². The van der Waals surface area contributed by atoms with Crippen LogP contribution in [0.1, 0.15) is 0 Å². The van der Waals surface area contributed by atoms with E-state index in [1.165, 1.54) is 0 Å². The van der Waals surface area contributed by atoms with Gasteiger partial charge in [0.2, 0.25) is 5.90 Å². The first-order valence-electron chi connectivity index (χ1n) is 3.35. The summed E-state index contributed by atoms with van der Waals surface area (Å²) in [4.78, 5) is 0. The van der Waals surface area contributed by atoms with Crippen molar-refractivity contribution < 1.29 is 26.9 Å². The fraction of sp³-hybridized carbons (Fsp3) is 0.800. The summed E-state index contributed by atoms with van der Waals surface area (Å²) in [6.45, 7) is -0.760. The summed E-state index contributed by atoms with van der Waals surface area (Å²) in [6, 6.07) is 0. The predicted molar refractivity (Wildman–Crippen MR) is 35.5 cm³/mol. The zero-order chi connectivity index (χ0) is 9.72. The lowest BCUT2D eigenvalue weighted by molar-refractivity contribution is -0.0594. The van der Waals surface area contributed by atoms with Crippen molar-refractivity contribution in [2.45, 2.75) is 18.3 Å². The number of nitrogens with one attached hydrogen (secondary N) is 1. The zero-order valence-corrected chi connectivity index (χ0v) is 5.62. The first kappa shape index (κ1) is 8.41. The maximum atomic E-state index is 8.90. The standard InChI is InChI=1S/C5H11NO5/c6-5(11)4(10)3(9)2(8)1-7/h2-4,7-10H,1H2,(H2,6,11)/t2-,3+,4-/m0/s1/i/hD. The lowest BCUT2D eigenvalue weighted by atomic mass is 10.1. The van der Waals surface area contributed by atoms with E-state index in [0.717, 1.165) is 0 Å². The van der Waals surface area contributed by atoms with E-state index >= 15 is 0 Å². The van der Waals surface area contributed by atoms with E-state index in [0.29, 0.717) is 0 Å². The van der Waals surface area contributed by atoms with E-state index in [1.807, 2.05) is 0 Å². The van der Waals surface area contributed by atoms with E-state index < -0.39 is 30.8 Å². The Kier molecular flexibility index (Phi) is 3.24. The van der Waals surface area contributed by atoms with E-state index in [1.54, 1.807) is 0 Å². The molecular formula is C5H11NO5. The van der Waals surface area contributed by atoms with Crippen molar-refractivity contribution in [3.63, 3.8) is 0 Å². The van der Waals surface area contributed by atoms with E-state index in [2.05, 4.69) is 5.40 Å². The molecule has 0 aliphatic carbocycles. The number of hydrogen-bond acceptors (Lipinski definition) is 5. The molecule has 0 radical (unpaired) electrons. The maximum Gasteiger partial charge on any atom is 0.210 e. The van der Waals surface area contributed by atoms with Gasteiger partial charge in [-0.3, -0.25) is 5.40 Å². The Morgan fingerprint density at radius 3 is 2.36 bits per heavy atom. The summed E-state index contributed by atoms with van der Waals surface area (Å²) in [5.41, 5.74) is 0. The van der Waals surface area contributed by atoms with Crippen LogP contribution in [0, 0.1) is 5.40 Å². The minimum absolute atomic E-state index is 0.760. The van der Waals surface area contributed by atoms with Gasteiger partial charge in [-0.2, -0.15) is 0 Å². The van der Waals surface area contributed by atoms with Crippen molar-refractivity contribution in [3.05, 3.63) is 0 Å². The summed E-state index contributed by atoms with van der Waals surface area (Å²) < 4.78 is 6.25. The first-order chi connectivity index (χ1) is 5.54. The molecule has 0 rings (SSSR count). The molecule has 66 valence electrons. The second kappa shape index (κ2) is 4.24. The summed E-state index contributed by atoms with van der Waals surface area (Å²) in [5.74, 6) is -1.02. The molecule has 0 saturated carbocycles. The molecular weight excluding hydrogens is 154 g/mol. The van der Waals surface area contributed by atoms with Crippen LogP contribution in [0.3, 0.4) is 0 Å². The minimum atomic E-state index is -1.86. The Hall–Kier alpha value is -0.690. The third-order valence-electron chi connectivity index (χ3n) is 1.17. The summed E-state index contributed by atoms with van der Waals surface area (Å²) in [7, 11) is 0. The molecule has 3 atom stereocenters. The predicted octanol–water partition coefficient (Wildman–Crippen LogP) is -2.40. The number of aliphatic hydroxyl groups is 5. The van der Waals surface area contributed by atoms with Gasteiger partial charge in [0, 0.05) is 0 Å². The lowest BCUT2D eigenvalue weighted by Gasteiger charge is -2.18. The van der Waals surface area contributed by atoms with Crippen LogP contribution in [-0.4, -0.2) is 56.3 Å². The molecule has 0 aromatic heterocycles. The SMILES string of the molecule is [2H]N=C(O)[C@@H](O)[C@H](O)[C@@H](O)CO. The molecule has 0 fully saturated rings. The Balaban J connectivity index is 4.18. The van der Waals surface area contributed by atoms with Gasteiger partial charge in [-0.25, -0.2) is 0 Å². The minimum Gasteiger partial charge on any atom is -0.495 e. The molecule has 0 aromatic rings. The summed E-state index contributed by atoms with van der Waals surface area (Å²) in [6.07, 6.45) is -5.20. The Morgan fingerprint density at radius 2 is 2.00 bits per heavy atom. The zero-order valence-electron chi connectivity index (χ0n) is 6.62. The molecule has 0 aliphatic rings. The molecule has 0 aromatic carbocycles. The van der Waals surface area contributed by atoms with Gasteiger partial charge in [0.25, 0.3) is 0 Å². The quantitative estimate of drug-likeness (QED) is 0.205. The van der Waals surface area contributed by atoms with Crippen LogP contribution < -0.4 is 0 Å². The molecule has 6 N–H and O–H groups in total. The lowest BCUT2D eigenvalue weighted by Crippen LogP contribution is -2.43. The smallest absolute Gasteiger partial charge is 0.210 e.